The maximum atomic E-state index is 4.53. The molecule has 3 heteroatoms. The van der Waals surface area contributed by atoms with Crippen molar-refractivity contribution < 1.29 is 4.12 Å². The second-order valence-electron chi connectivity index (χ2n) is 1.84. The van der Waals surface area contributed by atoms with E-state index < -0.39 is 0 Å². The first-order valence-corrected chi connectivity index (χ1v) is 4.77. The molecule has 0 saturated heterocycles. The van der Waals surface area contributed by atoms with Crippen molar-refractivity contribution in [1.29, 1.82) is 0 Å². The molecule has 1 aliphatic carbocycles. The normalized spacial score (nSPS) is 15.1. The lowest BCUT2D eigenvalue weighted by Gasteiger charge is -1.88. The summed E-state index contributed by atoms with van der Waals surface area (Å²) < 4.78 is 4.53. The summed E-state index contributed by atoms with van der Waals surface area (Å²) in [6, 6.07) is 0. The Kier molecular flexibility index (Phi) is 7.76. The smallest absolute Gasteiger partial charge is 0.129 e. The van der Waals surface area contributed by atoms with Gasteiger partial charge in [0.15, 0.2) is 0 Å². The Morgan fingerprint density at radius 2 is 1.33 bits per heavy atom. The van der Waals surface area contributed by atoms with Crippen molar-refractivity contribution in [2.75, 3.05) is 0 Å². The lowest BCUT2D eigenvalue weighted by atomic mass is 10.2. The molecule has 0 amide bonds. The Morgan fingerprint density at radius 3 is 1.44 bits per heavy atom. The number of rotatable bonds is 0. The van der Waals surface area contributed by atoms with Crippen LogP contribution in [0.2, 0.25) is 0 Å². The molecule has 1 rings (SSSR count). The van der Waals surface area contributed by atoms with Gasteiger partial charge in [-0.05, 0) is 12.8 Å². The van der Waals surface area contributed by atoms with Gasteiger partial charge in [-0.1, -0.05) is 24.3 Å². The van der Waals surface area contributed by atoms with E-state index in [4.69, 9.17) is 0 Å². The summed E-state index contributed by atoms with van der Waals surface area (Å²) >= 11 is 0. The van der Waals surface area contributed by atoms with Crippen LogP contribution in [0, 0.1) is 0 Å². The third-order valence-corrected chi connectivity index (χ3v) is 0.883. The number of hydrogen-bond acceptors (Lipinski definition) is 1. The van der Waals surface area contributed by atoms with Gasteiger partial charge in [-0.25, -0.2) is 0 Å². The predicted octanol–water partition coefficient (Wildman–Crippen LogP) is -0.544. The van der Waals surface area contributed by atoms with Gasteiger partial charge in [0, 0.05) is 0 Å². The van der Waals surface area contributed by atoms with Crippen LogP contribution in [-0.4, -0.2) is 21.0 Å². The molecule has 0 aromatic rings. The average Bonchev–Trinajstić information content (AvgIpc) is 1.93. The molecule has 0 aromatic heterocycles. The fraction of sp³-hybridized carbons (Fsp3) is 0.333. The minimum Gasteiger partial charge on any atom is -0.471 e. The van der Waals surface area contributed by atoms with Gasteiger partial charge >= 0.3 is 0 Å². The molecule has 52 valence electrons. The lowest BCUT2D eigenvalue weighted by molar-refractivity contribution is 0.690. The lowest BCUT2D eigenvalue weighted by Crippen LogP contribution is -1.67. The van der Waals surface area contributed by atoms with Gasteiger partial charge in [-0.2, -0.15) is 0 Å². The van der Waals surface area contributed by atoms with Crippen molar-refractivity contribution >= 4 is 21.0 Å². The monoisotopic (exact) mass is 158 g/mol. The Bertz CT molecular complexity index is 87.2. The van der Waals surface area contributed by atoms with Crippen LogP contribution in [0.5, 0.6) is 0 Å². The molecule has 1 aliphatic rings. The third-order valence-electron chi connectivity index (χ3n) is 0.883. The highest BCUT2D eigenvalue weighted by Crippen LogP contribution is 1.98. The molecule has 0 spiro atoms. The molecule has 1 nitrogen and oxygen atoms in total. The molecule has 0 aliphatic heterocycles. The van der Waals surface area contributed by atoms with E-state index >= 15 is 0 Å². The van der Waals surface area contributed by atoms with Gasteiger partial charge in [0.05, 0.1) is 0 Å². The first-order chi connectivity index (χ1) is 4.41. The minimum absolute atomic E-state index is 0.931. The molecule has 0 aromatic carbocycles. The van der Waals surface area contributed by atoms with Crippen LogP contribution in [0.1, 0.15) is 12.8 Å². The van der Waals surface area contributed by atoms with E-state index in [0.29, 0.717) is 0 Å². The van der Waals surface area contributed by atoms with Gasteiger partial charge < -0.3 is 4.12 Å². The molecule has 0 unspecified atom stereocenters. The largest absolute Gasteiger partial charge is 0.471 e. The van der Waals surface area contributed by atoms with Crippen molar-refractivity contribution in [3.8, 4) is 0 Å². The van der Waals surface area contributed by atoms with Crippen LogP contribution < -0.4 is 0 Å². The second kappa shape index (κ2) is 7.87. The van der Waals surface area contributed by atoms with Crippen LogP contribution >= 0.6 is 0 Å². The summed E-state index contributed by atoms with van der Waals surface area (Å²) in [4.78, 5) is 0. The summed E-state index contributed by atoms with van der Waals surface area (Å²) in [6.45, 7) is 0. The third kappa shape index (κ3) is 7.87. The SMILES string of the molecule is C1=CCCC=C1.[SiH3]O[SiH3]. The maximum absolute atomic E-state index is 4.53. The van der Waals surface area contributed by atoms with E-state index in [2.05, 4.69) is 28.4 Å². The van der Waals surface area contributed by atoms with Crippen molar-refractivity contribution in [3.63, 3.8) is 0 Å². The zero-order chi connectivity index (χ0) is 6.95. The summed E-state index contributed by atoms with van der Waals surface area (Å²) in [5.74, 6) is 0. The molecule has 0 fully saturated rings. The highest BCUT2D eigenvalue weighted by atomic mass is 28.3. The summed E-state index contributed by atoms with van der Waals surface area (Å²) in [7, 11) is 1.86. The second-order valence-corrected chi connectivity index (χ2v) is 5.11. The minimum atomic E-state index is 0.931. The Labute approximate surface area is 62.9 Å². The number of hydrogen-bond donors (Lipinski definition) is 0. The fourth-order valence-electron chi connectivity index (χ4n) is 0.542. The van der Waals surface area contributed by atoms with Gasteiger partial charge in [-0.3, -0.25) is 0 Å². The Balaban J connectivity index is 0.000000187. The molecule has 0 radical (unpaired) electrons. The van der Waals surface area contributed by atoms with E-state index in [-0.39, 0.29) is 0 Å². The van der Waals surface area contributed by atoms with Crippen molar-refractivity contribution in [2.45, 2.75) is 12.8 Å². The zero-order valence-electron chi connectivity index (χ0n) is 6.13. The van der Waals surface area contributed by atoms with Crippen LogP contribution in [-0.2, 0) is 4.12 Å². The van der Waals surface area contributed by atoms with Crippen molar-refractivity contribution in [3.05, 3.63) is 24.3 Å². The standard InChI is InChI=1S/C6H8.H6OSi2/c1-2-4-6-5-3-1;2-1-3/h1-4H,5-6H2;2-3H3. The van der Waals surface area contributed by atoms with Gasteiger partial charge in [0.1, 0.15) is 21.0 Å². The van der Waals surface area contributed by atoms with Gasteiger partial charge in [0.2, 0.25) is 0 Å². The number of allylic oxidation sites excluding steroid dienone is 4. The van der Waals surface area contributed by atoms with E-state index in [0.717, 1.165) is 21.0 Å². The maximum Gasteiger partial charge on any atom is 0.129 e. The molecule has 0 saturated carbocycles. The first kappa shape index (κ1) is 8.87. The first-order valence-electron chi connectivity index (χ1n) is 3.13. The van der Waals surface area contributed by atoms with E-state index in [1.807, 2.05) is 0 Å². The van der Waals surface area contributed by atoms with Crippen LogP contribution in [0.15, 0.2) is 24.3 Å². The van der Waals surface area contributed by atoms with Crippen LogP contribution in [0.3, 0.4) is 0 Å². The molecule has 0 bridgehead atoms. The molecule has 0 atom stereocenters. The Morgan fingerprint density at radius 1 is 1.00 bits per heavy atom. The summed E-state index contributed by atoms with van der Waals surface area (Å²) in [6.07, 6.45) is 11.0. The molecule has 9 heavy (non-hydrogen) atoms. The van der Waals surface area contributed by atoms with E-state index in [9.17, 15) is 0 Å². The molecular formula is C6H14OSi2. The quantitative estimate of drug-likeness (QED) is 0.430. The molecule has 0 N–H and O–H groups in total. The fourth-order valence-corrected chi connectivity index (χ4v) is 0.542. The molecular weight excluding hydrogens is 144 g/mol. The average molecular weight is 158 g/mol. The zero-order valence-corrected chi connectivity index (χ0v) is 10.1. The van der Waals surface area contributed by atoms with Crippen LogP contribution in [0.4, 0.5) is 0 Å². The van der Waals surface area contributed by atoms with E-state index in [1.165, 1.54) is 12.8 Å². The van der Waals surface area contributed by atoms with Crippen LogP contribution in [0.25, 0.3) is 0 Å². The predicted molar refractivity (Wildman–Crippen MR) is 48.5 cm³/mol. The highest BCUT2D eigenvalue weighted by Gasteiger charge is 1.77. The van der Waals surface area contributed by atoms with Gasteiger partial charge in [0.25, 0.3) is 0 Å². The summed E-state index contributed by atoms with van der Waals surface area (Å²) in [5.41, 5.74) is 0. The van der Waals surface area contributed by atoms with Crippen molar-refractivity contribution in [1.82, 2.24) is 0 Å². The molecule has 0 heterocycles. The summed E-state index contributed by atoms with van der Waals surface area (Å²) in [5, 5.41) is 0. The topological polar surface area (TPSA) is 9.23 Å². The van der Waals surface area contributed by atoms with E-state index in [1.54, 1.807) is 0 Å². The van der Waals surface area contributed by atoms with Crippen molar-refractivity contribution in [2.24, 2.45) is 0 Å². The Hall–Kier alpha value is -0.126. The highest BCUT2D eigenvalue weighted by molar-refractivity contribution is 6.15. The van der Waals surface area contributed by atoms with Gasteiger partial charge in [-0.15, -0.1) is 0 Å².